The molecule has 1 unspecified atom stereocenters. The molecule has 0 fully saturated rings. The molecule has 4 nitrogen and oxygen atoms in total. The standard InChI is InChI=1S/C20H25O4P/c1-4-23-25(22,24-5-2)20(18-13-11-16(3)12-14-18)15-19(21)17-9-7-6-8-10-17/h6-14,20H,4-5,15H2,1-3H3. The normalized spacial score (nSPS) is 12.8. The average Bonchev–Trinajstić information content (AvgIpc) is 2.61. The van der Waals surface area contributed by atoms with Crippen LogP contribution < -0.4 is 0 Å². The predicted octanol–water partition coefficient (Wildman–Crippen LogP) is 5.58. The van der Waals surface area contributed by atoms with Gasteiger partial charge in [0.15, 0.2) is 5.78 Å². The summed E-state index contributed by atoms with van der Waals surface area (Å²) in [6, 6.07) is 16.7. The fourth-order valence-electron chi connectivity index (χ4n) is 2.70. The lowest BCUT2D eigenvalue weighted by Crippen LogP contribution is -2.12. The first-order valence-electron chi connectivity index (χ1n) is 8.53. The van der Waals surface area contributed by atoms with Gasteiger partial charge in [0, 0.05) is 12.0 Å². The Morgan fingerprint density at radius 3 is 2.04 bits per heavy atom. The summed E-state index contributed by atoms with van der Waals surface area (Å²) in [5.41, 5.74) is 1.86. The first-order valence-corrected chi connectivity index (χ1v) is 10.1. The summed E-state index contributed by atoms with van der Waals surface area (Å²) in [5, 5.41) is 0. The number of Topliss-reactive ketones (excluding diaryl/α,β-unsaturated/α-hetero) is 1. The molecule has 0 heterocycles. The van der Waals surface area contributed by atoms with Crippen molar-refractivity contribution >= 4 is 13.4 Å². The number of carbonyl (C=O) groups excluding carboxylic acids is 1. The molecule has 0 radical (unpaired) electrons. The molecule has 2 aromatic rings. The number of benzene rings is 2. The highest BCUT2D eigenvalue weighted by atomic mass is 31.2. The van der Waals surface area contributed by atoms with Crippen LogP contribution in [-0.4, -0.2) is 19.0 Å². The Hall–Kier alpha value is -1.74. The van der Waals surface area contributed by atoms with E-state index in [1.807, 2.05) is 49.4 Å². The van der Waals surface area contributed by atoms with E-state index in [-0.39, 0.29) is 25.4 Å². The number of hydrogen-bond acceptors (Lipinski definition) is 4. The number of ketones is 1. The van der Waals surface area contributed by atoms with Crippen molar-refractivity contribution in [2.24, 2.45) is 0 Å². The second kappa shape index (κ2) is 9.10. The minimum absolute atomic E-state index is 0.0738. The van der Waals surface area contributed by atoms with E-state index in [4.69, 9.17) is 9.05 Å². The number of carbonyl (C=O) groups is 1. The quantitative estimate of drug-likeness (QED) is 0.433. The minimum atomic E-state index is -3.46. The molecule has 0 N–H and O–H groups in total. The van der Waals surface area contributed by atoms with Gasteiger partial charge in [0.1, 0.15) is 0 Å². The second-order valence-corrected chi connectivity index (χ2v) is 8.01. The molecule has 0 amide bonds. The van der Waals surface area contributed by atoms with Gasteiger partial charge < -0.3 is 9.05 Å². The Bertz CT molecular complexity index is 715. The van der Waals surface area contributed by atoms with Gasteiger partial charge in [-0.2, -0.15) is 0 Å². The fraction of sp³-hybridized carbons (Fsp3) is 0.350. The summed E-state index contributed by atoms with van der Waals surface area (Å²) in [4.78, 5) is 12.7. The summed E-state index contributed by atoms with van der Waals surface area (Å²) >= 11 is 0. The van der Waals surface area contributed by atoms with Gasteiger partial charge in [0.25, 0.3) is 0 Å². The van der Waals surface area contributed by atoms with Crippen molar-refractivity contribution in [1.29, 1.82) is 0 Å². The van der Waals surface area contributed by atoms with Crippen LogP contribution in [0.1, 0.15) is 47.4 Å². The Labute approximate surface area is 149 Å². The maximum absolute atomic E-state index is 13.4. The molecular weight excluding hydrogens is 335 g/mol. The van der Waals surface area contributed by atoms with Crippen LogP contribution in [0.4, 0.5) is 0 Å². The van der Waals surface area contributed by atoms with Crippen molar-refractivity contribution in [2.75, 3.05) is 13.2 Å². The van der Waals surface area contributed by atoms with Crippen LogP contribution in [0.3, 0.4) is 0 Å². The monoisotopic (exact) mass is 360 g/mol. The molecular formula is C20H25O4P. The molecule has 0 bridgehead atoms. The van der Waals surface area contributed by atoms with Gasteiger partial charge >= 0.3 is 7.60 Å². The summed E-state index contributed by atoms with van der Waals surface area (Å²) in [6.07, 6.45) is 0.0738. The Balaban J connectivity index is 2.39. The van der Waals surface area contributed by atoms with Crippen molar-refractivity contribution < 1.29 is 18.4 Å². The lowest BCUT2D eigenvalue weighted by Gasteiger charge is -2.26. The molecule has 0 saturated heterocycles. The topological polar surface area (TPSA) is 52.6 Å². The van der Waals surface area contributed by atoms with E-state index in [2.05, 4.69) is 0 Å². The zero-order valence-corrected chi connectivity index (χ0v) is 15.9. The molecule has 0 aliphatic carbocycles. The van der Waals surface area contributed by atoms with Crippen molar-refractivity contribution in [2.45, 2.75) is 32.9 Å². The van der Waals surface area contributed by atoms with Gasteiger partial charge in [-0.05, 0) is 26.3 Å². The zero-order valence-electron chi connectivity index (χ0n) is 15.0. The lowest BCUT2D eigenvalue weighted by atomic mass is 10.0. The van der Waals surface area contributed by atoms with Crippen LogP contribution in [0, 0.1) is 6.92 Å². The van der Waals surface area contributed by atoms with Crippen LogP contribution in [0.25, 0.3) is 0 Å². The molecule has 0 aliphatic heterocycles. The number of aryl methyl sites for hydroxylation is 1. The lowest BCUT2D eigenvalue weighted by molar-refractivity contribution is 0.0973. The molecule has 1 atom stereocenters. The van der Waals surface area contributed by atoms with E-state index in [9.17, 15) is 9.36 Å². The van der Waals surface area contributed by atoms with Gasteiger partial charge in [-0.1, -0.05) is 60.2 Å². The van der Waals surface area contributed by atoms with Crippen LogP contribution in [0.5, 0.6) is 0 Å². The molecule has 2 rings (SSSR count). The summed E-state index contributed by atoms with van der Waals surface area (Å²) in [7, 11) is -3.46. The van der Waals surface area contributed by atoms with Gasteiger partial charge in [-0.15, -0.1) is 0 Å². The van der Waals surface area contributed by atoms with E-state index < -0.39 is 13.3 Å². The Kier molecular flexibility index (Phi) is 7.12. The van der Waals surface area contributed by atoms with Crippen LogP contribution >= 0.6 is 7.60 Å². The maximum Gasteiger partial charge on any atom is 0.338 e. The van der Waals surface area contributed by atoms with Crippen LogP contribution in [0.15, 0.2) is 54.6 Å². The van der Waals surface area contributed by atoms with Gasteiger partial charge in [-0.3, -0.25) is 9.36 Å². The van der Waals surface area contributed by atoms with E-state index in [1.165, 1.54) is 0 Å². The highest BCUT2D eigenvalue weighted by Gasteiger charge is 2.38. The molecule has 5 heteroatoms. The van der Waals surface area contributed by atoms with Crippen LogP contribution in [0.2, 0.25) is 0 Å². The highest BCUT2D eigenvalue weighted by molar-refractivity contribution is 7.54. The Morgan fingerprint density at radius 1 is 0.960 bits per heavy atom. The van der Waals surface area contributed by atoms with E-state index >= 15 is 0 Å². The van der Waals surface area contributed by atoms with E-state index in [0.717, 1.165) is 11.1 Å². The third-order valence-electron chi connectivity index (χ3n) is 3.94. The first-order chi connectivity index (χ1) is 12.0. The first kappa shape index (κ1) is 19.6. The van der Waals surface area contributed by atoms with Gasteiger partial charge in [0.2, 0.25) is 0 Å². The van der Waals surface area contributed by atoms with Crippen LogP contribution in [-0.2, 0) is 13.6 Å². The molecule has 0 aliphatic rings. The average molecular weight is 360 g/mol. The van der Waals surface area contributed by atoms with E-state index in [1.54, 1.807) is 26.0 Å². The SMILES string of the molecule is CCOP(=O)(OCC)C(CC(=O)c1ccccc1)c1ccc(C)cc1. The highest BCUT2D eigenvalue weighted by Crippen LogP contribution is 2.62. The summed E-state index contributed by atoms with van der Waals surface area (Å²) < 4.78 is 24.4. The Morgan fingerprint density at radius 2 is 1.52 bits per heavy atom. The number of hydrogen-bond donors (Lipinski definition) is 0. The van der Waals surface area contributed by atoms with Crippen molar-refractivity contribution in [3.63, 3.8) is 0 Å². The fourth-order valence-corrected chi connectivity index (χ4v) is 4.78. The van der Waals surface area contributed by atoms with Crippen molar-refractivity contribution in [3.05, 3.63) is 71.3 Å². The second-order valence-electron chi connectivity index (χ2n) is 5.80. The molecule has 0 aromatic heterocycles. The largest absolute Gasteiger partial charge is 0.338 e. The summed E-state index contributed by atoms with van der Waals surface area (Å²) in [5.74, 6) is -0.0780. The molecule has 134 valence electrons. The van der Waals surface area contributed by atoms with Crippen molar-refractivity contribution in [1.82, 2.24) is 0 Å². The van der Waals surface area contributed by atoms with Crippen molar-refractivity contribution in [3.8, 4) is 0 Å². The summed E-state index contributed by atoms with van der Waals surface area (Å²) in [6.45, 7) is 6.06. The third-order valence-corrected chi connectivity index (χ3v) is 6.42. The minimum Gasteiger partial charge on any atom is -0.308 e. The third kappa shape index (κ3) is 5.12. The molecule has 0 spiro atoms. The molecule has 0 saturated carbocycles. The molecule has 25 heavy (non-hydrogen) atoms. The van der Waals surface area contributed by atoms with Gasteiger partial charge in [-0.25, -0.2) is 0 Å². The molecule has 2 aromatic carbocycles. The number of rotatable bonds is 9. The van der Waals surface area contributed by atoms with Gasteiger partial charge in [0.05, 0.1) is 18.9 Å². The maximum atomic E-state index is 13.4. The van der Waals surface area contributed by atoms with E-state index in [0.29, 0.717) is 5.56 Å². The predicted molar refractivity (Wildman–Crippen MR) is 100 cm³/mol. The smallest absolute Gasteiger partial charge is 0.308 e. The zero-order chi connectivity index (χ0) is 18.3.